The molecule has 6 heteroatoms. The molecule has 5 nitrogen and oxygen atoms in total. The van der Waals surface area contributed by atoms with Crippen LogP contribution in [0, 0.1) is 0 Å². The SMILES string of the molecule is CCC(C)c1cc(S(N)(=O)=O)ccc1OC(C)COC. The van der Waals surface area contributed by atoms with Gasteiger partial charge in [-0.2, -0.15) is 0 Å². The van der Waals surface area contributed by atoms with Gasteiger partial charge < -0.3 is 9.47 Å². The molecule has 2 N–H and O–H groups in total. The second-order valence-electron chi connectivity index (χ2n) is 4.94. The summed E-state index contributed by atoms with van der Waals surface area (Å²) in [5.41, 5.74) is 0.849. The van der Waals surface area contributed by atoms with E-state index >= 15 is 0 Å². The number of rotatable bonds is 7. The summed E-state index contributed by atoms with van der Waals surface area (Å²) in [4.78, 5) is 0.111. The van der Waals surface area contributed by atoms with Crippen molar-refractivity contribution in [3.63, 3.8) is 0 Å². The molecule has 0 radical (unpaired) electrons. The van der Waals surface area contributed by atoms with E-state index in [1.54, 1.807) is 19.2 Å². The van der Waals surface area contributed by atoms with Gasteiger partial charge in [0.2, 0.25) is 10.0 Å². The number of hydrogen-bond donors (Lipinski definition) is 1. The highest BCUT2D eigenvalue weighted by molar-refractivity contribution is 7.89. The Morgan fingerprint density at radius 2 is 1.95 bits per heavy atom. The molecule has 20 heavy (non-hydrogen) atoms. The van der Waals surface area contributed by atoms with Gasteiger partial charge in [-0.3, -0.25) is 0 Å². The Morgan fingerprint density at radius 1 is 1.30 bits per heavy atom. The van der Waals surface area contributed by atoms with Gasteiger partial charge in [0.1, 0.15) is 11.9 Å². The number of sulfonamides is 1. The highest BCUT2D eigenvalue weighted by atomic mass is 32.2. The molecular formula is C14H23NO4S. The molecule has 114 valence electrons. The minimum absolute atomic E-state index is 0.108. The normalized spacial score (nSPS) is 14.8. The molecule has 1 aromatic rings. The number of benzene rings is 1. The van der Waals surface area contributed by atoms with Gasteiger partial charge >= 0.3 is 0 Å². The van der Waals surface area contributed by atoms with Crippen LogP contribution in [-0.4, -0.2) is 28.2 Å². The number of nitrogens with two attached hydrogens (primary N) is 1. The molecule has 2 atom stereocenters. The lowest BCUT2D eigenvalue weighted by atomic mass is 9.98. The van der Waals surface area contributed by atoms with Crippen molar-refractivity contribution in [3.8, 4) is 5.75 Å². The zero-order valence-electron chi connectivity index (χ0n) is 12.4. The van der Waals surface area contributed by atoms with Crippen LogP contribution in [0.1, 0.15) is 38.7 Å². The Labute approximate surface area is 121 Å². The highest BCUT2D eigenvalue weighted by Gasteiger charge is 2.17. The van der Waals surface area contributed by atoms with Crippen LogP contribution in [0.15, 0.2) is 23.1 Å². The van der Waals surface area contributed by atoms with E-state index in [4.69, 9.17) is 14.6 Å². The summed E-state index contributed by atoms with van der Waals surface area (Å²) < 4.78 is 33.8. The quantitative estimate of drug-likeness (QED) is 0.838. The van der Waals surface area contributed by atoms with E-state index in [-0.39, 0.29) is 16.9 Å². The van der Waals surface area contributed by atoms with E-state index in [2.05, 4.69) is 0 Å². The zero-order valence-corrected chi connectivity index (χ0v) is 13.2. The van der Waals surface area contributed by atoms with E-state index < -0.39 is 10.0 Å². The average molecular weight is 301 g/mol. The maximum atomic E-state index is 11.4. The first-order chi connectivity index (χ1) is 9.29. The number of methoxy groups -OCH3 is 1. The van der Waals surface area contributed by atoms with E-state index in [9.17, 15) is 8.42 Å². The minimum Gasteiger partial charge on any atom is -0.488 e. The second kappa shape index (κ2) is 7.06. The van der Waals surface area contributed by atoms with Crippen molar-refractivity contribution in [2.24, 2.45) is 5.14 Å². The van der Waals surface area contributed by atoms with Crippen LogP contribution >= 0.6 is 0 Å². The largest absolute Gasteiger partial charge is 0.488 e. The monoisotopic (exact) mass is 301 g/mol. The van der Waals surface area contributed by atoms with Gasteiger partial charge in [0.15, 0.2) is 0 Å². The molecule has 0 aliphatic carbocycles. The third-order valence-electron chi connectivity index (χ3n) is 3.18. The van der Waals surface area contributed by atoms with Gasteiger partial charge in [0, 0.05) is 7.11 Å². The first kappa shape index (κ1) is 16.9. The standard InChI is InChI=1S/C14H23NO4S/c1-5-10(2)13-8-12(20(15,16)17)6-7-14(13)19-11(3)9-18-4/h6-8,10-11H,5,9H2,1-4H3,(H2,15,16,17). The smallest absolute Gasteiger partial charge is 0.238 e. The number of hydrogen-bond acceptors (Lipinski definition) is 4. The topological polar surface area (TPSA) is 78.6 Å². The lowest BCUT2D eigenvalue weighted by Gasteiger charge is -2.20. The fourth-order valence-electron chi connectivity index (χ4n) is 1.90. The summed E-state index contributed by atoms with van der Waals surface area (Å²) in [6, 6.07) is 4.72. The van der Waals surface area contributed by atoms with Crippen molar-refractivity contribution in [3.05, 3.63) is 23.8 Å². The second-order valence-corrected chi connectivity index (χ2v) is 6.50. The van der Waals surface area contributed by atoms with E-state index in [1.165, 1.54) is 6.07 Å². The van der Waals surface area contributed by atoms with Crippen LogP contribution in [0.2, 0.25) is 0 Å². The van der Waals surface area contributed by atoms with E-state index in [1.807, 2.05) is 20.8 Å². The van der Waals surface area contributed by atoms with Gasteiger partial charge in [0.25, 0.3) is 0 Å². The van der Waals surface area contributed by atoms with Crippen LogP contribution in [0.5, 0.6) is 5.75 Å². The van der Waals surface area contributed by atoms with Gasteiger partial charge in [-0.15, -0.1) is 0 Å². The van der Waals surface area contributed by atoms with Crippen molar-refractivity contribution in [1.29, 1.82) is 0 Å². The van der Waals surface area contributed by atoms with Crippen LogP contribution in [0.4, 0.5) is 0 Å². The van der Waals surface area contributed by atoms with Gasteiger partial charge in [-0.1, -0.05) is 13.8 Å². The third-order valence-corrected chi connectivity index (χ3v) is 4.09. The summed E-state index contributed by atoms with van der Waals surface area (Å²) in [5, 5.41) is 5.18. The summed E-state index contributed by atoms with van der Waals surface area (Å²) in [7, 11) is -2.09. The van der Waals surface area contributed by atoms with E-state index in [0.29, 0.717) is 12.4 Å². The molecule has 2 unspecified atom stereocenters. The molecule has 0 saturated heterocycles. The summed E-state index contributed by atoms with van der Waals surface area (Å²) >= 11 is 0. The fraction of sp³-hybridized carbons (Fsp3) is 0.571. The number of ether oxygens (including phenoxy) is 2. The average Bonchev–Trinajstić information content (AvgIpc) is 2.37. The predicted molar refractivity (Wildman–Crippen MR) is 78.5 cm³/mol. The first-order valence-electron chi connectivity index (χ1n) is 6.61. The Bertz CT molecular complexity index is 542. The molecule has 0 aliphatic heterocycles. The summed E-state index contributed by atoms with van der Waals surface area (Å²) in [6.07, 6.45) is 0.770. The maximum Gasteiger partial charge on any atom is 0.238 e. The van der Waals surface area contributed by atoms with E-state index in [0.717, 1.165) is 12.0 Å². The zero-order chi connectivity index (χ0) is 15.3. The summed E-state index contributed by atoms with van der Waals surface area (Å²) in [6.45, 7) is 6.43. The lowest BCUT2D eigenvalue weighted by molar-refractivity contribution is 0.0911. The van der Waals surface area contributed by atoms with Crippen molar-refractivity contribution in [2.45, 2.75) is 44.1 Å². The van der Waals surface area contributed by atoms with Crippen LogP contribution in [0.3, 0.4) is 0 Å². The maximum absolute atomic E-state index is 11.4. The molecule has 0 fully saturated rings. The van der Waals surface area contributed by atoms with Gasteiger partial charge in [-0.25, -0.2) is 13.6 Å². The molecule has 0 aliphatic rings. The first-order valence-corrected chi connectivity index (χ1v) is 8.16. The highest BCUT2D eigenvalue weighted by Crippen LogP contribution is 2.31. The Hall–Kier alpha value is -1.11. The molecule has 0 spiro atoms. The molecule has 0 amide bonds. The molecule has 0 bridgehead atoms. The summed E-state index contributed by atoms with van der Waals surface area (Å²) in [5.74, 6) is 0.859. The van der Waals surface area contributed by atoms with Crippen LogP contribution < -0.4 is 9.88 Å². The molecule has 0 aromatic heterocycles. The van der Waals surface area contributed by atoms with Gasteiger partial charge in [0.05, 0.1) is 11.5 Å². The Morgan fingerprint density at radius 3 is 2.45 bits per heavy atom. The number of primary sulfonamides is 1. The Balaban J connectivity index is 3.17. The lowest BCUT2D eigenvalue weighted by Crippen LogP contribution is -2.19. The molecular weight excluding hydrogens is 278 g/mol. The molecule has 1 rings (SSSR count). The molecule has 0 saturated carbocycles. The molecule has 1 aromatic carbocycles. The van der Waals surface area contributed by atoms with Gasteiger partial charge in [-0.05, 0) is 43.0 Å². The van der Waals surface area contributed by atoms with Crippen molar-refractivity contribution in [1.82, 2.24) is 0 Å². The van der Waals surface area contributed by atoms with Crippen LogP contribution in [-0.2, 0) is 14.8 Å². The predicted octanol–water partition coefficient (Wildman–Crippen LogP) is 2.26. The van der Waals surface area contributed by atoms with Crippen molar-refractivity contribution < 1.29 is 17.9 Å². The molecule has 0 heterocycles. The third kappa shape index (κ3) is 4.47. The van der Waals surface area contributed by atoms with Crippen molar-refractivity contribution >= 4 is 10.0 Å². The minimum atomic E-state index is -3.70. The van der Waals surface area contributed by atoms with Crippen molar-refractivity contribution in [2.75, 3.05) is 13.7 Å². The van der Waals surface area contributed by atoms with Crippen LogP contribution in [0.25, 0.3) is 0 Å². The Kier molecular flexibility index (Phi) is 5.98. The fourth-order valence-corrected chi connectivity index (χ4v) is 2.45.